The minimum Gasteiger partial charge on any atom is -0.508 e. The van der Waals surface area contributed by atoms with Crippen LogP contribution >= 0.6 is 23.5 Å². The van der Waals surface area contributed by atoms with Gasteiger partial charge in [0.2, 0.25) is 0 Å². The third kappa shape index (κ3) is 9.97. The molecule has 272 valence electrons. The van der Waals surface area contributed by atoms with Crippen molar-refractivity contribution in [3.63, 3.8) is 0 Å². The third-order valence-corrected chi connectivity index (χ3v) is 11.1. The van der Waals surface area contributed by atoms with Crippen molar-refractivity contribution in [2.45, 2.75) is 152 Å². The minimum absolute atomic E-state index is 0.117. The molecule has 4 aromatic carbocycles. The first kappa shape index (κ1) is 41.2. The molecule has 0 unspecified atom stereocenters. The number of hydrogen-bond acceptors (Lipinski definition) is 6. The van der Waals surface area contributed by atoms with Gasteiger partial charge in [0.15, 0.2) is 0 Å². The van der Waals surface area contributed by atoms with Gasteiger partial charge in [-0.05, 0) is 108 Å². The smallest absolute Gasteiger partial charge is 0.133 e. The number of aromatic hydroxyl groups is 4. The monoisotopic (exact) mass is 716 g/mol. The maximum Gasteiger partial charge on any atom is 0.133 e. The van der Waals surface area contributed by atoms with Crippen LogP contribution in [0, 0.1) is 27.7 Å². The quantitative estimate of drug-likeness (QED) is 0.168. The fourth-order valence-corrected chi connectivity index (χ4v) is 7.96. The van der Waals surface area contributed by atoms with Gasteiger partial charge in [-0.2, -0.15) is 0 Å². The molecular formula is C44H60O4S2. The van der Waals surface area contributed by atoms with Crippen molar-refractivity contribution in [3.8, 4) is 23.0 Å². The molecule has 0 amide bonds. The Morgan fingerprint density at radius 2 is 0.640 bits per heavy atom. The van der Waals surface area contributed by atoms with E-state index < -0.39 is 0 Å². The number of phenolic OH excluding ortho intramolecular Hbond substituents is 4. The van der Waals surface area contributed by atoms with Crippen molar-refractivity contribution in [2.75, 3.05) is 0 Å². The Balaban J connectivity index is 0.000000270. The van der Waals surface area contributed by atoms with Crippen molar-refractivity contribution in [1.82, 2.24) is 0 Å². The second kappa shape index (κ2) is 14.8. The normalized spacial score (nSPS) is 12.5. The van der Waals surface area contributed by atoms with E-state index in [4.69, 9.17) is 0 Å². The molecule has 0 aliphatic carbocycles. The van der Waals surface area contributed by atoms with Crippen LogP contribution in [0.15, 0.2) is 68.1 Å². The molecule has 0 saturated carbocycles. The lowest BCUT2D eigenvalue weighted by atomic mass is 9.85. The summed E-state index contributed by atoms with van der Waals surface area (Å²) in [4.78, 5) is 3.84. The Bertz CT molecular complexity index is 1730. The molecule has 0 aliphatic rings. The molecule has 0 spiro atoms. The highest BCUT2D eigenvalue weighted by molar-refractivity contribution is 7.99. The number of benzene rings is 4. The van der Waals surface area contributed by atoms with Crippen LogP contribution in [-0.2, 0) is 21.7 Å². The topological polar surface area (TPSA) is 80.9 Å². The molecule has 0 bridgehead atoms. The Morgan fingerprint density at radius 1 is 0.360 bits per heavy atom. The van der Waals surface area contributed by atoms with Crippen molar-refractivity contribution < 1.29 is 20.4 Å². The molecule has 0 atom stereocenters. The maximum atomic E-state index is 10.8. The molecule has 4 nitrogen and oxygen atoms in total. The SMILES string of the molecule is Cc1cc(O)c(C(C)(C)C)cc1Sc1cc(C(C)(C)C)c(O)cc1C.Cc1cc(Sc2cc(C)cc(C(C)(C)C)c2O)c(O)c(C(C)(C)C)c1. The molecule has 6 heteroatoms. The van der Waals surface area contributed by atoms with E-state index in [0.717, 1.165) is 64.1 Å². The average Bonchev–Trinajstić information content (AvgIpc) is 2.92. The van der Waals surface area contributed by atoms with Crippen LogP contribution in [0.5, 0.6) is 23.0 Å². The van der Waals surface area contributed by atoms with Crippen LogP contribution in [0.2, 0.25) is 0 Å². The van der Waals surface area contributed by atoms with Crippen molar-refractivity contribution >= 4 is 23.5 Å². The predicted molar refractivity (Wildman–Crippen MR) is 214 cm³/mol. The highest BCUT2D eigenvalue weighted by atomic mass is 32.2. The van der Waals surface area contributed by atoms with Gasteiger partial charge in [-0.1, -0.05) is 119 Å². The van der Waals surface area contributed by atoms with Crippen molar-refractivity contribution in [1.29, 1.82) is 0 Å². The summed E-state index contributed by atoms with van der Waals surface area (Å²) in [6.07, 6.45) is 0. The predicted octanol–water partition coefficient (Wildman–Crippen LogP) is 12.9. The molecule has 0 radical (unpaired) electrons. The fourth-order valence-electron chi connectivity index (χ4n) is 5.79. The Labute approximate surface area is 310 Å². The van der Waals surface area contributed by atoms with Crippen LogP contribution in [0.1, 0.15) is 128 Å². The van der Waals surface area contributed by atoms with E-state index >= 15 is 0 Å². The Kier molecular flexibility index (Phi) is 12.2. The molecular weight excluding hydrogens is 657 g/mol. The first-order chi connectivity index (χ1) is 22.6. The molecule has 0 heterocycles. The van der Waals surface area contributed by atoms with Crippen molar-refractivity contribution in [3.05, 3.63) is 93.0 Å². The standard InChI is InChI=1S/2C22H30O2S/c1-13-9-17(23)15(21(3,4)5)11-19(13)25-20-12-16(22(6,7)8)18(24)10-14(20)2;1-13-9-15(21(3,4)5)19(23)17(11-13)25-18-12-14(2)10-16(20(18)24)22(6,7)8/h2*9-12,23-24H,1-8H3. The fraction of sp³-hybridized carbons (Fsp3) is 0.455. The zero-order chi connectivity index (χ0) is 38.3. The maximum absolute atomic E-state index is 10.8. The summed E-state index contributed by atoms with van der Waals surface area (Å²) in [5.41, 5.74) is 7.56. The van der Waals surface area contributed by atoms with Gasteiger partial charge < -0.3 is 20.4 Å². The van der Waals surface area contributed by atoms with Crippen LogP contribution in [0.4, 0.5) is 0 Å². The summed E-state index contributed by atoms with van der Waals surface area (Å²) in [5.74, 6) is 1.32. The van der Waals surface area contributed by atoms with Gasteiger partial charge >= 0.3 is 0 Å². The summed E-state index contributed by atoms with van der Waals surface area (Å²) >= 11 is 3.13. The van der Waals surface area contributed by atoms with E-state index in [1.165, 1.54) is 11.8 Å². The molecule has 0 aromatic heterocycles. The lowest BCUT2D eigenvalue weighted by Gasteiger charge is -2.24. The summed E-state index contributed by atoms with van der Waals surface area (Å²) in [5, 5.41) is 42.2. The largest absolute Gasteiger partial charge is 0.508 e. The van der Waals surface area contributed by atoms with E-state index in [0.29, 0.717) is 23.0 Å². The van der Waals surface area contributed by atoms with E-state index in [-0.39, 0.29) is 21.7 Å². The van der Waals surface area contributed by atoms with Crippen molar-refractivity contribution in [2.24, 2.45) is 0 Å². The average molecular weight is 717 g/mol. The lowest BCUT2D eigenvalue weighted by molar-refractivity contribution is 0.432. The van der Waals surface area contributed by atoms with Gasteiger partial charge in [0.1, 0.15) is 23.0 Å². The Morgan fingerprint density at radius 3 is 0.920 bits per heavy atom. The molecule has 0 saturated heterocycles. The van der Waals surface area contributed by atoms with E-state index in [1.54, 1.807) is 11.8 Å². The molecule has 4 aromatic rings. The number of rotatable bonds is 4. The van der Waals surface area contributed by atoms with Crippen LogP contribution in [0.25, 0.3) is 0 Å². The molecule has 50 heavy (non-hydrogen) atoms. The van der Waals surface area contributed by atoms with Crippen LogP contribution in [-0.4, -0.2) is 20.4 Å². The second-order valence-electron chi connectivity index (χ2n) is 17.8. The number of phenols is 4. The second-order valence-corrected chi connectivity index (χ2v) is 20.0. The van der Waals surface area contributed by atoms with E-state index in [1.807, 2.05) is 64.1 Å². The number of hydrogen-bond donors (Lipinski definition) is 4. The zero-order valence-electron chi connectivity index (χ0n) is 33.2. The van der Waals surface area contributed by atoms with Crippen LogP contribution in [0.3, 0.4) is 0 Å². The van der Waals surface area contributed by atoms with Gasteiger partial charge in [-0.25, -0.2) is 0 Å². The van der Waals surface area contributed by atoms with E-state index in [2.05, 4.69) is 95.2 Å². The lowest BCUT2D eigenvalue weighted by Crippen LogP contribution is -2.12. The Hall–Kier alpha value is -3.22. The first-order valence-electron chi connectivity index (χ1n) is 17.3. The summed E-state index contributed by atoms with van der Waals surface area (Å²) in [6.45, 7) is 33.3. The summed E-state index contributed by atoms with van der Waals surface area (Å²) < 4.78 is 0. The summed E-state index contributed by atoms with van der Waals surface area (Å²) in [7, 11) is 0. The zero-order valence-corrected chi connectivity index (χ0v) is 34.9. The van der Waals surface area contributed by atoms with Gasteiger partial charge in [0, 0.05) is 32.0 Å². The van der Waals surface area contributed by atoms with Gasteiger partial charge in [-0.15, -0.1) is 0 Å². The van der Waals surface area contributed by atoms with Gasteiger partial charge in [-0.3, -0.25) is 0 Å². The molecule has 4 N–H and O–H groups in total. The van der Waals surface area contributed by atoms with Gasteiger partial charge in [0.05, 0.1) is 9.79 Å². The van der Waals surface area contributed by atoms with Gasteiger partial charge in [0.25, 0.3) is 0 Å². The molecule has 0 aliphatic heterocycles. The third-order valence-electron chi connectivity index (χ3n) is 8.70. The highest BCUT2D eigenvalue weighted by Gasteiger charge is 2.25. The minimum atomic E-state index is -0.142. The first-order valence-corrected chi connectivity index (χ1v) is 19.0. The van der Waals surface area contributed by atoms with Crippen LogP contribution < -0.4 is 0 Å². The highest BCUT2D eigenvalue weighted by Crippen LogP contribution is 2.47. The van der Waals surface area contributed by atoms with E-state index in [9.17, 15) is 20.4 Å². The number of aryl methyl sites for hydroxylation is 4. The molecule has 4 rings (SSSR count). The molecule has 0 fully saturated rings. The summed E-state index contributed by atoms with van der Waals surface area (Å²) in [6, 6.07) is 15.9.